The summed E-state index contributed by atoms with van der Waals surface area (Å²) in [6, 6.07) is 6.96. The Kier molecular flexibility index (Phi) is 12.7. The first-order valence-corrected chi connectivity index (χ1v) is 12.7. The molecule has 0 aliphatic heterocycles. The zero-order valence-electron chi connectivity index (χ0n) is 24.4. The molecule has 1 aromatic rings. The highest BCUT2D eigenvalue weighted by molar-refractivity contribution is 6.03. The van der Waals surface area contributed by atoms with E-state index in [9.17, 15) is 24.0 Å². The third-order valence-electron chi connectivity index (χ3n) is 5.61. The fraction of sp³-hybridized carbons (Fsp3) is 0.536. The summed E-state index contributed by atoms with van der Waals surface area (Å²) in [6.07, 6.45) is 1.11. The quantitative estimate of drug-likeness (QED) is 0.322. The molecule has 0 aliphatic carbocycles. The van der Waals surface area contributed by atoms with Gasteiger partial charge >= 0.3 is 12.1 Å². The summed E-state index contributed by atoms with van der Waals surface area (Å²) >= 11 is 0. The van der Waals surface area contributed by atoms with Gasteiger partial charge in [0.05, 0.1) is 7.11 Å². The first-order valence-electron chi connectivity index (χ1n) is 12.7. The SMILES string of the molecule is COC(=O)CNC(=O)/C(=C/c1ccccc1)N(C)C(=O)[C@H](CC(C)C)NC(=O)[C@H](C)N(C)C(=O)OC(C)(C)C. The van der Waals surface area contributed by atoms with Gasteiger partial charge in [0.2, 0.25) is 11.8 Å². The minimum absolute atomic E-state index is 0.0150. The molecule has 11 nitrogen and oxygen atoms in total. The molecule has 216 valence electrons. The van der Waals surface area contributed by atoms with E-state index in [0.717, 1.165) is 9.80 Å². The Balaban J connectivity index is 3.23. The molecule has 0 unspecified atom stereocenters. The van der Waals surface area contributed by atoms with Crippen LogP contribution in [0, 0.1) is 5.92 Å². The van der Waals surface area contributed by atoms with E-state index in [1.807, 2.05) is 19.9 Å². The average molecular weight is 547 g/mol. The Morgan fingerprint density at radius 1 is 1.00 bits per heavy atom. The first-order chi connectivity index (χ1) is 18.1. The third-order valence-corrected chi connectivity index (χ3v) is 5.61. The maximum absolute atomic E-state index is 13.7. The number of nitrogens with one attached hydrogen (secondary N) is 2. The number of benzene rings is 1. The van der Waals surface area contributed by atoms with Crippen LogP contribution in [-0.4, -0.2) is 85.0 Å². The summed E-state index contributed by atoms with van der Waals surface area (Å²) in [4.78, 5) is 66.1. The highest BCUT2D eigenvalue weighted by atomic mass is 16.6. The second-order valence-electron chi connectivity index (χ2n) is 10.6. The summed E-state index contributed by atoms with van der Waals surface area (Å²) in [5, 5.41) is 5.18. The summed E-state index contributed by atoms with van der Waals surface area (Å²) in [5.74, 6) is -2.41. The Morgan fingerprint density at radius 3 is 2.10 bits per heavy atom. The molecule has 4 amide bonds. The number of amides is 4. The maximum Gasteiger partial charge on any atom is 0.410 e. The molecule has 2 atom stereocenters. The standard InChI is InChI=1S/C28H42N4O7/c1-18(2)15-21(30-24(34)19(3)31(7)27(37)39-28(4,5)6)26(36)32(8)22(16-20-13-11-10-12-14-20)25(35)29-17-23(33)38-9/h10-14,16,18-19,21H,15,17H2,1-9H3,(H,29,35)(H,30,34)/b22-16-/t19-,21-/m0/s1. The van der Waals surface area contributed by atoms with Crippen molar-refractivity contribution >= 4 is 35.9 Å². The number of hydrogen-bond acceptors (Lipinski definition) is 7. The van der Waals surface area contributed by atoms with Crippen LogP contribution < -0.4 is 10.6 Å². The van der Waals surface area contributed by atoms with Crippen molar-refractivity contribution in [3.05, 3.63) is 41.6 Å². The minimum Gasteiger partial charge on any atom is -0.468 e. The van der Waals surface area contributed by atoms with E-state index >= 15 is 0 Å². The lowest BCUT2D eigenvalue weighted by Gasteiger charge is -2.31. The van der Waals surface area contributed by atoms with Crippen LogP contribution in [-0.2, 0) is 28.7 Å². The van der Waals surface area contributed by atoms with Gasteiger partial charge in [-0.15, -0.1) is 0 Å². The van der Waals surface area contributed by atoms with Gasteiger partial charge < -0.3 is 25.0 Å². The molecule has 0 saturated carbocycles. The lowest BCUT2D eigenvalue weighted by atomic mass is 10.0. The molecule has 1 aromatic carbocycles. The number of carbonyl (C=O) groups is 5. The van der Waals surface area contributed by atoms with E-state index < -0.39 is 47.5 Å². The molecule has 0 heterocycles. The van der Waals surface area contributed by atoms with Crippen LogP contribution in [0.2, 0.25) is 0 Å². The largest absolute Gasteiger partial charge is 0.468 e. The normalized spacial score (nSPS) is 13.1. The van der Waals surface area contributed by atoms with Gasteiger partial charge in [-0.3, -0.25) is 24.1 Å². The zero-order valence-corrected chi connectivity index (χ0v) is 24.4. The smallest absolute Gasteiger partial charge is 0.410 e. The summed E-state index contributed by atoms with van der Waals surface area (Å²) < 4.78 is 9.91. The van der Waals surface area contributed by atoms with Crippen molar-refractivity contribution in [2.45, 2.75) is 65.6 Å². The molecule has 0 spiro atoms. The predicted molar refractivity (Wildman–Crippen MR) is 147 cm³/mol. The van der Waals surface area contributed by atoms with Gasteiger partial charge in [-0.1, -0.05) is 44.2 Å². The Hall–Kier alpha value is -3.89. The molecular formula is C28H42N4O7. The Bertz CT molecular complexity index is 1050. The number of nitrogens with zero attached hydrogens (tertiary/aromatic N) is 2. The van der Waals surface area contributed by atoms with Gasteiger partial charge in [0.25, 0.3) is 5.91 Å². The molecule has 0 aliphatic rings. The van der Waals surface area contributed by atoms with Crippen molar-refractivity contribution < 1.29 is 33.4 Å². The van der Waals surface area contributed by atoms with Crippen molar-refractivity contribution in [1.82, 2.24) is 20.4 Å². The Morgan fingerprint density at radius 2 is 1.59 bits per heavy atom. The molecule has 39 heavy (non-hydrogen) atoms. The third kappa shape index (κ3) is 11.2. The molecule has 0 radical (unpaired) electrons. The fourth-order valence-electron chi connectivity index (χ4n) is 3.34. The van der Waals surface area contributed by atoms with Crippen LogP contribution in [0.3, 0.4) is 0 Å². The molecular weight excluding hydrogens is 504 g/mol. The number of esters is 1. The number of hydrogen-bond donors (Lipinski definition) is 2. The number of methoxy groups -OCH3 is 1. The van der Waals surface area contributed by atoms with Gasteiger partial charge in [0.15, 0.2) is 0 Å². The van der Waals surface area contributed by atoms with Gasteiger partial charge in [-0.25, -0.2) is 4.79 Å². The van der Waals surface area contributed by atoms with Crippen molar-refractivity contribution in [1.29, 1.82) is 0 Å². The highest BCUT2D eigenvalue weighted by Gasteiger charge is 2.33. The zero-order chi connectivity index (χ0) is 29.9. The second-order valence-corrected chi connectivity index (χ2v) is 10.6. The summed E-state index contributed by atoms with van der Waals surface area (Å²) in [5.41, 5.74) is -0.120. The van der Waals surface area contributed by atoms with Crippen LogP contribution in [0.25, 0.3) is 6.08 Å². The number of carbonyl (C=O) groups excluding carboxylic acids is 5. The van der Waals surface area contributed by atoms with Gasteiger partial charge in [0, 0.05) is 14.1 Å². The average Bonchev–Trinajstić information content (AvgIpc) is 2.87. The van der Waals surface area contributed by atoms with E-state index in [-0.39, 0.29) is 24.6 Å². The monoisotopic (exact) mass is 546 g/mol. The molecule has 0 fully saturated rings. The minimum atomic E-state index is -0.996. The van der Waals surface area contributed by atoms with Crippen LogP contribution in [0.1, 0.15) is 53.5 Å². The lowest BCUT2D eigenvalue weighted by Crippen LogP contribution is -2.54. The molecule has 0 bridgehead atoms. The number of likely N-dealkylation sites (N-methyl/N-ethyl adjacent to an activating group) is 2. The molecule has 11 heteroatoms. The van der Waals surface area contributed by atoms with E-state index in [4.69, 9.17) is 4.74 Å². The topological polar surface area (TPSA) is 134 Å². The Labute approximate surface area is 230 Å². The first kappa shape index (κ1) is 33.1. The van der Waals surface area contributed by atoms with Gasteiger partial charge in [-0.05, 0) is 51.7 Å². The lowest BCUT2D eigenvalue weighted by molar-refractivity contribution is -0.141. The summed E-state index contributed by atoms with van der Waals surface area (Å²) in [7, 11) is 4.06. The molecule has 0 saturated heterocycles. The van der Waals surface area contributed by atoms with E-state index in [1.165, 1.54) is 34.2 Å². The number of ether oxygens (including phenoxy) is 2. The van der Waals surface area contributed by atoms with Crippen molar-refractivity contribution in [2.24, 2.45) is 5.92 Å². The predicted octanol–water partition coefficient (Wildman–Crippen LogP) is 2.56. The summed E-state index contributed by atoms with van der Waals surface area (Å²) in [6.45, 7) is 10.1. The van der Waals surface area contributed by atoms with Crippen LogP contribution >= 0.6 is 0 Å². The van der Waals surface area contributed by atoms with Crippen LogP contribution in [0.15, 0.2) is 36.0 Å². The highest BCUT2D eigenvalue weighted by Crippen LogP contribution is 2.16. The molecule has 1 rings (SSSR count). The van der Waals surface area contributed by atoms with Crippen LogP contribution in [0.5, 0.6) is 0 Å². The number of rotatable bonds is 11. The van der Waals surface area contributed by atoms with Crippen molar-refractivity contribution in [2.75, 3.05) is 27.7 Å². The molecule has 0 aromatic heterocycles. The van der Waals surface area contributed by atoms with E-state index in [1.54, 1.807) is 45.0 Å². The van der Waals surface area contributed by atoms with Gasteiger partial charge in [0.1, 0.15) is 29.9 Å². The van der Waals surface area contributed by atoms with E-state index in [2.05, 4.69) is 15.4 Å². The second kappa shape index (κ2) is 14.9. The van der Waals surface area contributed by atoms with E-state index in [0.29, 0.717) is 5.56 Å². The van der Waals surface area contributed by atoms with Gasteiger partial charge in [-0.2, -0.15) is 0 Å². The van der Waals surface area contributed by atoms with Crippen molar-refractivity contribution in [3.63, 3.8) is 0 Å². The fourth-order valence-corrected chi connectivity index (χ4v) is 3.34. The van der Waals surface area contributed by atoms with Crippen molar-refractivity contribution in [3.8, 4) is 0 Å². The molecule has 2 N–H and O–H groups in total. The maximum atomic E-state index is 13.7. The van der Waals surface area contributed by atoms with Crippen LogP contribution in [0.4, 0.5) is 4.79 Å².